The summed E-state index contributed by atoms with van der Waals surface area (Å²) in [4.78, 5) is 36.4. The molecule has 0 atom stereocenters. The number of carbonyl (C=O) groups excluding carboxylic acids is 2. The molecule has 0 unspecified atom stereocenters. The van der Waals surface area contributed by atoms with Gasteiger partial charge in [-0.2, -0.15) is 0 Å². The molecular formula is C22H20N4O3S. The molecule has 2 amide bonds. The minimum absolute atomic E-state index is 0.143. The first-order valence-electron chi connectivity index (χ1n) is 9.30. The molecule has 4 rings (SSSR count). The smallest absolute Gasteiger partial charge is 0.265 e. The van der Waals surface area contributed by atoms with Crippen LogP contribution in [0.2, 0.25) is 0 Å². The molecule has 0 spiro atoms. The van der Waals surface area contributed by atoms with Crippen LogP contribution in [0.15, 0.2) is 46.9 Å². The third-order valence-electron chi connectivity index (χ3n) is 4.57. The Hall–Kier alpha value is -3.52. The molecule has 0 fully saturated rings. The van der Waals surface area contributed by atoms with Crippen LogP contribution in [-0.4, -0.2) is 40.8 Å². The van der Waals surface area contributed by atoms with Crippen molar-refractivity contribution in [2.45, 2.75) is 13.8 Å². The highest BCUT2D eigenvalue weighted by atomic mass is 32.1. The van der Waals surface area contributed by atoms with E-state index in [1.165, 1.54) is 4.90 Å². The Morgan fingerprint density at radius 2 is 1.83 bits per heavy atom. The van der Waals surface area contributed by atoms with Gasteiger partial charge >= 0.3 is 0 Å². The molecule has 0 bridgehead atoms. The zero-order valence-electron chi connectivity index (χ0n) is 17.0. The summed E-state index contributed by atoms with van der Waals surface area (Å²) in [6.45, 7) is 3.61. The van der Waals surface area contributed by atoms with Gasteiger partial charge < -0.3 is 9.32 Å². The molecule has 0 aliphatic carbocycles. The van der Waals surface area contributed by atoms with E-state index in [2.05, 4.69) is 15.3 Å². The number of aryl methyl sites for hydroxylation is 2. The molecule has 4 aromatic rings. The lowest BCUT2D eigenvalue weighted by Gasteiger charge is -2.08. The van der Waals surface area contributed by atoms with Crippen LogP contribution >= 0.6 is 11.3 Å². The van der Waals surface area contributed by atoms with E-state index in [0.29, 0.717) is 38.2 Å². The van der Waals surface area contributed by atoms with Gasteiger partial charge in [-0.3, -0.25) is 14.9 Å². The number of rotatable bonds is 4. The predicted molar refractivity (Wildman–Crippen MR) is 117 cm³/mol. The van der Waals surface area contributed by atoms with Crippen molar-refractivity contribution < 1.29 is 14.0 Å². The van der Waals surface area contributed by atoms with Crippen molar-refractivity contribution in [3.8, 4) is 11.5 Å². The number of anilines is 1. The van der Waals surface area contributed by atoms with Crippen LogP contribution in [0.3, 0.4) is 0 Å². The van der Waals surface area contributed by atoms with Gasteiger partial charge in [0, 0.05) is 19.5 Å². The first kappa shape index (κ1) is 19.8. The van der Waals surface area contributed by atoms with Crippen molar-refractivity contribution in [2.75, 3.05) is 19.4 Å². The SMILES string of the molecule is Cc1ccc(-c2cc(C(=O)Nc3nc(C)c(C(=O)N(C)C)s3)c3ccccc3n2)o1. The summed E-state index contributed by atoms with van der Waals surface area (Å²) >= 11 is 1.16. The summed E-state index contributed by atoms with van der Waals surface area (Å²) in [5.41, 5.74) is 2.30. The van der Waals surface area contributed by atoms with E-state index in [-0.39, 0.29) is 11.8 Å². The molecule has 7 nitrogen and oxygen atoms in total. The molecule has 30 heavy (non-hydrogen) atoms. The first-order valence-corrected chi connectivity index (χ1v) is 10.1. The lowest BCUT2D eigenvalue weighted by Crippen LogP contribution is -2.21. The number of aromatic nitrogens is 2. The second-order valence-corrected chi connectivity index (χ2v) is 8.07. The number of fused-ring (bicyclic) bond motifs is 1. The standard InChI is InChI=1S/C22H20N4O3S/c1-12-9-10-18(29-12)17-11-15(14-7-5-6-8-16(14)24-17)20(27)25-22-23-13(2)19(30-22)21(28)26(3)4/h5-11H,1-4H3,(H,23,25,27). The molecule has 3 heterocycles. The Balaban J connectivity index is 1.73. The number of nitrogens with one attached hydrogen (secondary N) is 1. The molecule has 0 aliphatic rings. The van der Waals surface area contributed by atoms with Gasteiger partial charge in [-0.25, -0.2) is 9.97 Å². The Kier molecular flexibility index (Phi) is 5.09. The van der Waals surface area contributed by atoms with E-state index >= 15 is 0 Å². The number of nitrogens with zero attached hydrogens (tertiary/aromatic N) is 3. The number of hydrogen-bond donors (Lipinski definition) is 1. The van der Waals surface area contributed by atoms with Crippen LogP contribution in [0, 0.1) is 13.8 Å². The highest BCUT2D eigenvalue weighted by molar-refractivity contribution is 7.17. The zero-order chi connectivity index (χ0) is 21.4. The van der Waals surface area contributed by atoms with Gasteiger partial charge in [-0.05, 0) is 38.1 Å². The van der Waals surface area contributed by atoms with E-state index < -0.39 is 0 Å². The van der Waals surface area contributed by atoms with Gasteiger partial charge in [0.25, 0.3) is 11.8 Å². The molecule has 0 aliphatic heterocycles. The topological polar surface area (TPSA) is 88.3 Å². The van der Waals surface area contributed by atoms with Crippen LogP contribution in [-0.2, 0) is 0 Å². The Labute approximate surface area is 177 Å². The maximum Gasteiger partial charge on any atom is 0.265 e. The van der Waals surface area contributed by atoms with Crippen LogP contribution in [0.1, 0.15) is 31.5 Å². The molecule has 3 aromatic heterocycles. The molecule has 0 saturated carbocycles. The molecule has 1 aromatic carbocycles. The normalized spacial score (nSPS) is 10.9. The van der Waals surface area contributed by atoms with Gasteiger partial charge in [-0.1, -0.05) is 29.5 Å². The van der Waals surface area contributed by atoms with Gasteiger partial charge in [0.1, 0.15) is 16.3 Å². The molecule has 0 saturated heterocycles. The maximum absolute atomic E-state index is 13.1. The third kappa shape index (κ3) is 3.69. The van der Waals surface area contributed by atoms with Crippen molar-refractivity contribution in [2.24, 2.45) is 0 Å². The van der Waals surface area contributed by atoms with Crippen molar-refractivity contribution in [1.29, 1.82) is 0 Å². The second kappa shape index (κ2) is 7.72. The lowest BCUT2D eigenvalue weighted by molar-refractivity contribution is 0.0831. The molecule has 0 radical (unpaired) electrons. The number of thiazole rings is 1. The van der Waals surface area contributed by atoms with E-state index in [4.69, 9.17) is 4.42 Å². The van der Waals surface area contributed by atoms with Crippen LogP contribution < -0.4 is 5.32 Å². The van der Waals surface area contributed by atoms with Gasteiger partial charge in [0.2, 0.25) is 0 Å². The molecule has 8 heteroatoms. The fourth-order valence-corrected chi connectivity index (χ4v) is 4.06. The number of carbonyl (C=O) groups is 2. The minimum atomic E-state index is -0.323. The Morgan fingerprint density at radius 3 is 2.53 bits per heavy atom. The average molecular weight is 420 g/mol. The van der Waals surface area contributed by atoms with E-state index in [1.807, 2.05) is 43.3 Å². The fraction of sp³-hybridized carbons (Fsp3) is 0.182. The van der Waals surface area contributed by atoms with Gasteiger partial charge in [0.15, 0.2) is 10.9 Å². The van der Waals surface area contributed by atoms with Gasteiger partial charge in [0.05, 0.1) is 16.8 Å². The molecular weight excluding hydrogens is 400 g/mol. The fourth-order valence-electron chi connectivity index (χ4n) is 3.08. The van der Waals surface area contributed by atoms with E-state index in [9.17, 15) is 9.59 Å². The predicted octanol–water partition coefficient (Wildman–Crippen LogP) is 4.52. The maximum atomic E-state index is 13.1. The number of pyridine rings is 1. The van der Waals surface area contributed by atoms with E-state index in [0.717, 1.165) is 22.5 Å². The summed E-state index contributed by atoms with van der Waals surface area (Å²) in [5.74, 6) is 0.893. The van der Waals surface area contributed by atoms with Crippen molar-refractivity contribution in [3.63, 3.8) is 0 Å². The summed E-state index contributed by atoms with van der Waals surface area (Å²) in [7, 11) is 3.36. The van der Waals surface area contributed by atoms with Crippen molar-refractivity contribution >= 4 is 39.2 Å². The summed E-state index contributed by atoms with van der Waals surface area (Å²) in [6.07, 6.45) is 0. The number of furan rings is 1. The summed E-state index contributed by atoms with van der Waals surface area (Å²) in [5, 5.41) is 3.92. The number of hydrogen-bond acceptors (Lipinski definition) is 6. The molecule has 152 valence electrons. The third-order valence-corrected chi connectivity index (χ3v) is 5.63. The second-order valence-electron chi connectivity index (χ2n) is 7.07. The minimum Gasteiger partial charge on any atom is -0.460 e. The quantitative estimate of drug-likeness (QED) is 0.524. The Morgan fingerprint density at radius 1 is 1.07 bits per heavy atom. The largest absolute Gasteiger partial charge is 0.460 e. The average Bonchev–Trinajstić information content (AvgIpc) is 3.31. The van der Waals surface area contributed by atoms with E-state index in [1.54, 1.807) is 27.1 Å². The van der Waals surface area contributed by atoms with Crippen LogP contribution in [0.5, 0.6) is 0 Å². The van der Waals surface area contributed by atoms with Crippen molar-refractivity contribution in [3.05, 3.63) is 64.4 Å². The first-order chi connectivity index (χ1) is 14.3. The van der Waals surface area contributed by atoms with Crippen LogP contribution in [0.4, 0.5) is 5.13 Å². The summed E-state index contributed by atoms with van der Waals surface area (Å²) < 4.78 is 5.69. The number of amides is 2. The highest BCUT2D eigenvalue weighted by Crippen LogP contribution is 2.28. The highest BCUT2D eigenvalue weighted by Gasteiger charge is 2.20. The van der Waals surface area contributed by atoms with Crippen molar-refractivity contribution in [1.82, 2.24) is 14.9 Å². The summed E-state index contributed by atoms with van der Waals surface area (Å²) in [6, 6.07) is 12.8. The molecule has 1 N–H and O–H groups in total. The number of benzene rings is 1. The monoisotopic (exact) mass is 420 g/mol. The Bertz CT molecular complexity index is 1270. The van der Waals surface area contributed by atoms with Crippen LogP contribution in [0.25, 0.3) is 22.4 Å². The number of para-hydroxylation sites is 1. The van der Waals surface area contributed by atoms with Gasteiger partial charge in [-0.15, -0.1) is 0 Å². The lowest BCUT2D eigenvalue weighted by atomic mass is 10.1. The zero-order valence-corrected chi connectivity index (χ0v) is 17.8.